The number of aliphatic hydroxyl groups is 2. The van der Waals surface area contributed by atoms with Crippen LogP contribution in [0.5, 0.6) is 0 Å². The lowest BCUT2D eigenvalue weighted by Gasteiger charge is -2.41. The van der Waals surface area contributed by atoms with Crippen LogP contribution in [0.25, 0.3) is 16.7 Å². The second-order valence-corrected chi connectivity index (χ2v) is 12.4. The number of alkyl halides is 6. The molecule has 0 bridgehead atoms. The Morgan fingerprint density at radius 3 is 2.14 bits per heavy atom. The highest BCUT2D eigenvalue weighted by molar-refractivity contribution is 5.73. The van der Waals surface area contributed by atoms with Gasteiger partial charge in [0, 0.05) is 55.6 Å². The molecule has 1 aromatic carbocycles. The van der Waals surface area contributed by atoms with Crippen LogP contribution in [0, 0.1) is 0 Å². The number of allylic oxidation sites excluding steroid dienone is 2. The molecule has 7 rings (SSSR count). The number of nitrogens with zero attached hydrogens (tertiary/aromatic N) is 7. The molecule has 3 aliphatic rings. The predicted octanol–water partition coefficient (Wildman–Crippen LogP) is 5.64. The Labute approximate surface area is 276 Å². The van der Waals surface area contributed by atoms with Crippen molar-refractivity contribution < 1.29 is 36.6 Å². The first kappa shape index (κ1) is 32.8. The van der Waals surface area contributed by atoms with E-state index in [4.69, 9.17) is 0 Å². The Morgan fingerprint density at radius 2 is 1.51 bits per heavy atom. The van der Waals surface area contributed by atoms with Crippen molar-refractivity contribution in [2.75, 3.05) is 36.0 Å². The Bertz CT molecular complexity index is 1870. The van der Waals surface area contributed by atoms with Gasteiger partial charge in [-0.25, -0.2) is 14.1 Å². The molecule has 256 valence electrons. The van der Waals surface area contributed by atoms with Crippen LogP contribution in [0.4, 0.5) is 37.7 Å². The van der Waals surface area contributed by atoms with E-state index in [1.165, 1.54) is 47.7 Å². The number of aromatic nitrogens is 5. The van der Waals surface area contributed by atoms with E-state index in [-0.39, 0.29) is 29.1 Å². The van der Waals surface area contributed by atoms with Crippen LogP contribution in [-0.4, -0.2) is 79.1 Å². The van der Waals surface area contributed by atoms with Gasteiger partial charge in [0.1, 0.15) is 24.3 Å². The van der Waals surface area contributed by atoms with Crippen LogP contribution in [-0.2, 0) is 12.5 Å². The van der Waals surface area contributed by atoms with Gasteiger partial charge in [0.2, 0.25) is 0 Å². The zero-order chi connectivity index (χ0) is 34.6. The summed E-state index contributed by atoms with van der Waals surface area (Å²) in [7, 11) is 0. The summed E-state index contributed by atoms with van der Waals surface area (Å²) in [6.07, 6.45) is -2.80. The van der Waals surface area contributed by atoms with Crippen LogP contribution in [0.3, 0.4) is 0 Å². The maximum Gasteiger partial charge on any atom is 0.391 e. The van der Waals surface area contributed by atoms with Gasteiger partial charge in [-0.15, -0.1) is 0 Å². The standard InChI is InChI=1S/C34H31F6N7O2/c35-23-4-8-27-26(15-23)31-43-20-44-47(31)19-32(27,49)34(39,40)30-10-3-22(17-42-30)21-1-5-24(6-2-21)45-11-13-46(14-12-45)25-7-9-28(41-18-25)29(48)16-33(36,37)38/h1-10,17-18,20,23,29,48-49H,11-16,19H2. The van der Waals surface area contributed by atoms with Gasteiger partial charge in [-0.1, -0.05) is 24.3 Å². The lowest BCUT2D eigenvalue weighted by atomic mass is 9.76. The van der Waals surface area contributed by atoms with Gasteiger partial charge in [-0.05, 0) is 47.5 Å². The van der Waals surface area contributed by atoms with Crippen molar-refractivity contribution in [1.82, 2.24) is 24.7 Å². The normalized spacial score (nSPS) is 21.8. The maximum atomic E-state index is 16.1. The quantitative estimate of drug-likeness (QED) is 0.242. The highest BCUT2D eigenvalue weighted by Gasteiger charge is 2.60. The van der Waals surface area contributed by atoms with Gasteiger partial charge in [-0.2, -0.15) is 27.1 Å². The summed E-state index contributed by atoms with van der Waals surface area (Å²) in [4.78, 5) is 16.4. The molecule has 3 aromatic heterocycles. The van der Waals surface area contributed by atoms with Gasteiger partial charge in [0.05, 0.1) is 30.5 Å². The predicted molar refractivity (Wildman–Crippen MR) is 168 cm³/mol. The smallest absolute Gasteiger partial charge is 0.386 e. The second kappa shape index (κ2) is 12.3. The highest BCUT2D eigenvalue weighted by Crippen LogP contribution is 2.50. The molecular formula is C34H31F6N7O2. The molecule has 4 aromatic rings. The van der Waals surface area contributed by atoms with Crippen LogP contribution >= 0.6 is 0 Å². The second-order valence-electron chi connectivity index (χ2n) is 12.4. The third-order valence-corrected chi connectivity index (χ3v) is 9.26. The van der Waals surface area contributed by atoms with E-state index in [1.807, 2.05) is 24.3 Å². The number of aliphatic hydroxyl groups excluding tert-OH is 1. The first-order valence-electron chi connectivity index (χ1n) is 15.6. The fourth-order valence-electron chi connectivity index (χ4n) is 6.61. The van der Waals surface area contributed by atoms with E-state index in [1.54, 1.807) is 6.07 Å². The fourth-order valence-corrected chi connectivity index (χ4v) is 6.61. The lowest BCUT2D eigenvalue weighted by molar-refractivity contribution is -0.177. The van der Waals surface area contributed by atoms with Gasteiger partial charge in [0.15, 0.2) is 11.4 Å². The molecule has 1 fully saturated rings. The average molecular weight is 684 g/mol. The molecule has 0 radical (unpaired) electrons. The minimum Gasteiger partial charge on any atom is -0.386 e. The molecule has 5 heterocycles. The van der Waals surface area contributed by atoms with E-state index in [9.17, 15) is 27.8 Å². The summed E-state index contributed by atoms with van der Waals surface area (Å²) in [6.45, 7) is 2.04. The molecule has 1 saturated heterocycles. The summed E-state index contributed by atoms with van der Waals surface area (Å²) in [5.74, 6) is -3.59. The summed E-state index contributed by atoms with van der Waals surface area (Å²) >= 11 is 0. The van der Waals surface area contributed by atoms with Crippen LogP contribution in [0.2, 0.25) is 0 Å². The van der Waals surface area contributed by atoms with Crippen molar-refractivity contribution in [1.29, 1.82) is 0 Å². The van der Waals surface area contributed by atoms with Crippen LogP contribution in [0.15, 0.2) is 85.0 Å². The molecule has 2 N–H and O–H groups in total. The monoisotopic (exact) mass is 683 g/mol. The van der Waals surface area contributed by atoms with E-state index < -0.39 is 48.6 Å². The van der Waals surface area contributed by atoms with E-state index in [2.05, 4.69) is 29.9 Å². The Balaban J connectivity index is 1.00. The number of piperazine rings is 1. The van der Waals surface area contributed by atoms with Crippen molar-refractivity contribution in [3.63, 3.8) is 0 Å². The number of pyridine rings is 2. The summed E-state index contributed by atoms with van der Waals surface area (Å²) < 4.78 is 85.4. The molecule has 15 heteroatoms. The Morgan fingerprint density at radius 1 is 0.837 bits per heavy atom. The molecule has 9 nitrogen and oxygen atoms in total. The van der Waals surface area contributed by atoms with E-state index in [0.717, 1.165) is 23.0 Å². The van der Waals surface area contributed by atoms with Gasteiger partial charge in [0.25, 0.3) is 0 Å². The van der Waals surface area contributed by atoms with Crippen molar-refractivity contribution in [2.24, 2.45) is 0 Å². The highest BCUT2D eigenvalue weighted by atomic mass is 19.4. The van der Waals surface area contributed by atoms with Crippen molar-refractivity contribution in [3.8, 4) is 11.1 Å². The summed E-state index contributed by atoms with van der Waals surface area (Å²) in [6, 6.07) is 13.3. The van der Waals surface area contributed by atoms with Crippen molar-refractivity contribution in [2.45, 2.75) is 49.4 Å². The first-order chi connectivity index (χ1) is 23.3. The zero-order valence-corrected chi connectivity index (χ0v) is 25.9. The number of hydrogen-bond donors (Lipinski definition) is 2. The van der Waals surface area contributed by atoms with Gasteiger partial charge in [-0.3, -0.25) is 9.97 Å². The molecule has 1 aliphatic carbocycles. The minimum absolute atomic E-state index is 0.0308. The summed E-state index contributed by atoms with van der Waals surface area (Å²) in [5, 5.41) is 25.3. The summed E-state index contributed by atoms with van der Waals surface area (Å²) in [5.41, 5.74) is -0.246. The molecule has 0 amide bonds. The molecule has 0 saturated carbocycles. The SMILES string of the molecule is OC(CC(F)(F)F)c1ccc(N2CCN(c3ccc(-c4ccc(C(F)(F)C5(O)Cn6ncnc6C6=C5C=CC(F)C6)nc4)cc3)CC2)cn1. The van der Waals surface area contributed by atoms with E-state index in [0.29, 0.717) is 31.7 Å². The zero-order valence-electron chi connectivity index (χ0n) is 25.9. The fraction of sp³-hybridized carbons (Fsp3) is 0.353. The Kier molecular flexibility index (Phi) is 8.22. The largest absolute Gasteiger partial charge is 0.391 e. The number of hydrogen-bond acceptors (Lipinski definition) is 8. The van der Waals surface area contributed by atoms with Crippen molar-refractivity contribution >= 4 is 16.9 Å². The molecular weight excluding hydrogens is 652 g/mol. The Hall–Kier alpha value is -4.76. The van der Waals surface area contributed by atoms with Gasteiger partial charge < -0.3 is 20.0 Å². The molecule has 3 unspecified atom stereocenters. The number of fused-ring (bicyclic) bond motifs is 2. The van der Waals surface area contributed by atoms with Gasteiger partial charge >= 0.3 is 12.1 Å². The minimum atomic E-state index is -4.49. The number of rotatable bonds is 7. The maximum absolute atomic E-state index is 16.1. The number of anilines is 2. The molecule has 0 spiro atoms. The molecule has 2 aliphatic heterocycles. The van der Waals surface area contributed by atoms with Crippen LogP contribution < -0.4 is 9.80 Å². The topological polar surface area (TPSA) is 103 Å². The average Bonchev–Trinajstić information content (AvgIpc) is 3.56. The number of halogens is 6. The molecule has 3 atom stereocenters. The lowest BCUT2D eigenvalue weighted by Crippen LogP contribution is -2.53. The molecule has 49 heavy (non-hydrogen) atoms. The van der Waals surface area contributed by atoms with Crippen LogP contribution in [0.1, 0.15) is 36.2 Å². The van der Waals surface area contributed by atoms with Crippen molar-refractivity contribution in [3.05, 3.63) is 102 Å². The third kappa shape index (κ3) is 6.16. The third-order valence-electron chi connectivity index (χ3n) is 9.26. The number of benzene rings is 1. The first-order valence-corrected chi connectivity index (χ1v) is 15.6. The van der Waals surface area contributed by atoms with E-state index >= 15 is 8.78 Å².